The molecule has 6 atom stereocenters. The van der Waals surface area contributed by atoms with Crippen molar-refractivity contribution < 1.29 is 56.8 Å². The molecule has 0 aromatic carbocycles. The molecule has 65 heavy (non-hydrogen) atoms. The van der Waals surface area contributed by atoms with Gasteiger partial charge < -0.3 is 34.3 Å². The van der Waals surface area contributed by atoms with Gasteiger partial charge >= 0.3 is 11.9 Å². The highest BCUT2D eigenvalue weighted by atomic mass is 32.2. The van der Waals surface area contributed by atoms with Gasteiger partial charge in [-0.3, -0.25) is 14.1 Å². The van der Waals surface area contributed by atoms with Crippen LogP contribution in [0.4, 0.5) is 0 Å². The lowest BCUT2D eigenvalue weighted by Crippen LogP contribution is -2.60. The molecule has 6 unspecified atom stereocenters. The maximum absolute atomic E-state index is 12.9. The van der Waals surface area contributed by atoms with Gasteiger partial charge in [0.2, 0.25) is 0 Å². The molecule has 0 saturated carbocycles. The zero-order valence-electron chi connectivity index (χ0n) is 40.8. The maximum Gasteiger partial charge on any atom is 0.306 e. The van der Waals surface area contributed by atoms with Crippen LogP contribution in [0.5, 0.6) is 0 Å². The minimum absolute atomic E-state index is 0.161. The number of hydrogen-bond acceptors (Lipinski definition) is 11. The first-order chi connectivity index (χ1) is 31.5. The molecular weight excluding hydrogens is 849 g/mol. The summed E-state index contributed by atoms with van der Waals surface area (Å²) in [6.45, 7) is 3.75. The smallest absolute Gasteiger partial charge is 0.306 e. The van der Waals surface area contributed by atoms with Gasteiger partial charge in [-0.05, 0) is 70.6 Å². The van der Waals surface area contributed by atoms with Gasteiger partial charge in [0.05, 0.1) is 6.61 Å². The van der Waals surface area contributed by atoms with Crippen LogP contribution in [0.25, 0.3) is 0 Å². The molecule has 1 saturated heterocycles. The molecule has 1 aliphatic rings. The highest BCUT2D eigenvalue weighted by molar-refractivity contribution is 7.85. The first-order valence-electron chi connectivity index (χ1n) is 26.0. The molecule has 13 heteroatoms. The third kappa shape index (κ3) is 36.6. The summed E-state index contributed by atoms with van der Waals surface area (Å²) in [5, 5.41) is 31.0. The Labute approximate surface area is 395 Å². The van der Waals surface area contributed by atoms with Crippen LogP contribution in [0.1, 0.15) is 226 Å². The Balaban J connectivity index is 2.35. The Morgan fingerprint density at radius 3 is 1.37 bits per heavy atom. The first-order valence-corrected chi connectivity index (χ1v) is 27.7. The van der Waals surface area contributed by atoms with Gasteiger partial charge in [-0.25, -0.2) is 0 Å². The lowest BCUT2D eigenvalue weighted by molar-refractivity contribution is -0.297. The average Bonchev–Trinajstić information content (AvgIpc) is 3.27. The molecule has 0 spiro atoms. The van der Waals surface area contributed by atoms with Crippen molar-refractivity contribution in [2.45, 2.75) is 263 Å². The third-order valence-electron chi connectivity index (χ3n) is 11.9. The first kappa shape index (κ1) is 60.9. The Hall–Kier alpha value is -2.13. The number of unbranched alkanes of at least 4 members (excludes halogenated alkanes) is 26. The van der Waals surface area contributed by atoms with Gasteiger partial charge in [0.15, 0.2) is 12.4 Å². The molecule has 0 aromatic rings. The van der Waals surface area contributed by atoms with Crippen molar-refractivity contribution in [3.63, 3.8) is 0 Å². The number of rotatable bonds is 44. The molecule has 0 aliphatic carbocycles. The normalized spacial score (nSPS) is 19.8. The van der Waals surface area contributed by atoms with Crippen molar-refractivity contribution in [1.29, 1.82) is 0 Å². The van der Waals surface area contributed by atoms with Crippen molar-refractivity contribution in [1.82, 2.24) is 0 Å². The minimum atomic E-state index is -4.61. The van der Waals surface area contributed by atoms with Gasteiger partial charge in [0.25, 0.3) is 10.1 Å². The molecule has 1 heterocycles. The van der Waals surface area contributed by atoms with Crippen molar-refractivity contribution in [3.05, 3.63) is 36.5 Å². The fourth-order valence-corrected chi connectivity index (χ4v) is 8.57. The third-order valence-corrected chi connectivity index (χ3v) is 12.7. The monoisotopic (exact) mass is 943 g/mol. The highest BCUT2D eigenvalue weighted by Crippen LogP contribution is 2.24. The Kier molecular flexibility index (Phi) is 39.4. The fraction of sp³-hybridized carbons (Fsp3) is 0.846. The second-order valence-corrected chi connectivity index (χ2v) is 19.7. The highest BCUT2D eigenvalue weighted by Gasteiger charge is 2.46. The number of esters is 2. The minimum Gasteiger partial charge on any atom is -0.462 e. The lowest BCUT2D eigenvalue weighted by atomic mass is 10.00. The molecule has 12 nitrogen and oxygen atoms in total. The van der Waals surface area contributed by atoms with Crippen molar-refractivity contribution in [3.8, 4) is 0 Å². The van der Waals surface area contributed by atoms with E-state index in [0.29, 0.717) is 12.8 Å². The summed E-state index contributed by atoms with van der Waals surface area (Å²) in [4.78, 5) is 25.5. The summed E-state index contributed by atoms with van der Waals surface area (Å²) >= 11 is 0. The summed E-state index contributed by atoms with van der Waals surface area (Å²) in [6.07, 6.45) is 40.4. The van der Waals surface area contributed by atoms with Gasteiger partial charge in [-0.15, -0.1) is 0 Å². The number of carbonyl (C=O) groups is 2. The fourth-order valence-electron chi connectivity index (χ4n) is 7.88. The predicted octanol–water partition coefficient (Wildman–Crippen LogP) is 11.7. The summed E-state index contributed by atoms with van der Waals surface area (Å²) in [6, 6.07) is 0. The van der Waals surface area contributed by atoms with Gasteiger partial charge in [0.1, 0.15) is 36.8 Å². The van der Waals surface area contributed by atoms with E-state index >= 15 is 0 Å². The van der Waals surface area contributed by atoms with Crippen LogP contribution in [0.15, 0.2) is 36.5 Å². The van der Waals surface area contributed by atoms with E-state index in [4.69, 9.17) is 18.9 Å². The molecule has 0 radical (unpaired) electrons. The van der Waals surface area contributed by atoms with E-state index in [1.165, 1.54) is 116 Å². The Morgan fingerprint density at radius 1 is 0.523 bits per heavy atom. The molecule has 1 aliphatic heterocycles. The van der Waals surface area contributed by atoms with Crippen LogP contribution in [0.2, 0.25) is 0 Å². The number of hydrogen-bond donors (Lipinski definition) is 4. The summed E-state index contributed by atoms with van der Waals surface area (Å²) in [5.74, 6) is -1.99. The predicted molar refractivity (Wildman–Crippen MR) is 261 cm³/mol. The maximum atomic E-state index is 12.9. The molecule has 0 amide bonds. The van der Waals surface area contributed by atoms with Crippen molar-refractivity contribution >= 4 is 22.1 Å². The zero-order chi connectivity index (χ0) is 47.6. The second-order valence-electron chi connectivity index (χ2n) is 18.2. The molecular formula is C52H94O12S. The van der Waals surface area contributed by atoms with Crippen LogP contribution in [0, 0.1) is 0 Å². The van der Waals surface area contributed by atoms with Crippen molar-refractivity contribution in [2.24, 2.45) is 0 Å². The molecule has 0 aromatic heterocycles. The van der Waals surface area contributed by atoms with Crippen molar-refractivity contribution in [2.75, 3.05) is 19.0 Å². The van der Waals surface area contributed by atoms with Crippen LogP contribution < -0.4 is 0 Å². The standard InChI is InChI=1S/C52H94O12S/c1-3-5-7-9-11-13-15-17-19-20-21-22-23-24-25-26-27-29-31-33-35-37-39-41-48(54)63-45(43-62-52-51(57)50(56)49(55)46(64-52)44-65(58,59)60)42-61-47(53)40-38-36-34-32-30-28-18-16-14-12-10-8-6-4-2/h15-18,20-21,45-46,49-52,55-57H,3-14,19,22-44H2,1-2H3,(H,58,59,60)/b17-15-,18-16-,21-20-. The van der Waals surface area contributed by atoms with Crippen LogP contribution in [0.3, 0.4) is 0 Å². The van der Waals surface area contributed by atoms with Gasteiger partial charge in [-0.1, -0.05) is 179 Å². The molecule has 1 rings (SSSR count). The van der Waals surface area contributed by atoms with E-state index in [1.807, 2.05) is 0 Å². The molecule has 0 bridgehead atoms. The largest absolute Gasteiger partial charge is 0.462 e. The topological polar surface area (TPSA) is 186 Å². The number of ether oxygens (including phenoxy) is 4. The van der Waals surface area contributed by atoms with E-state index in [9.17, 15) is 37.9 Å². The number of carbonyl (C=O) groups excluding carboxylic acids is 2. The molecule has 1 fully saturated rings. The lowest BCUT2D eigenvalue weighted by Gasteiger charge is -2.40. The van der Waals surface area contributed by atoms with E-state index < -0.39 is 71.2 Å². The number of allylic oxidation sites excluding steroid dienone is 6. The Morgan fingerprint density at radius 2 is 0.923 bits per heavy atom. The molecule has 380 valence electrons. The van der Waals surface area contributed by atoms with Crippen LogP contribution >= 0.6 is 0 Å². The number of aliphatic hydroxyl groups excluding tert-OH is 3. The van der Waals surface area contributed by atoms with Gasteiger partial charge in [-0.2, -0.15) is 8.42 Å². The zero-order valence-corrected chi connectivity index (χ0v) is 41.7. The van der Waals surface area contributed by atoms with E-state index in [-0.39, 0.29) is 19.4 Å². The van der Waals surface area contributed by atoms with E-state index in [1.54, 1.807) is 0 Å². The van der Waals surface area contributed by atoms with Crippen LogP contribution in [-0.4, -0.2) is 96.0 Å². The van der Waals surface area contributed by atoms with Crippen LogP contribution in [-0.2, 0) is 38.7 Å². The summed E-state index contributed by atoms with van der Waals surface area (Å²) in [5.41, 5.74) is 0. The average molecular weight is 943 g/mol. The van der Waals surface area contributed by atoms with E-state index in [2.05, 4.69) is 50.3 Å². The second kappa shape index (κ2) is 42.0. The van der Waals surface area contributed by atoms with Gasteiger partial charge in [0, 0.05) is 12.8 Å². The SMILES string of the molecule is CCCCCCC/C=C\C/C=C\CCCCCCCCCCCCCC(=O)OC(COC(=O)CCCCCCC/C=C\CCCCCCC)COC1OC(CS(=O)(=O)O)C(O)C(O)C1O. The quantitative estimate of drug-likeness (QED) is 0.0196. The Bertz CT molecular complexity index is 1330. The number of aliphatic hydroxyl groups is 3. The summed E-state index contributed by atoms with van der Waals surface area (Å²) in [7, 11) is -4.61. The summed E-state index contributed by atoms with van der Waals surface area (Å²) < 4.78 is 54.2. The van der Waals surface area contributed by atoms with E-state index in [0.717, 1.165) is 70.6 Å². The molecule has 4 N–H and O–H groups in total.